The van der Waals surface area contributed by atoms with Gasteiger partial charge in [-0.2, -0.15) is 22.0 Å². The van der Waals surface area contributed by atoms with Gasteiger partial charge in [-0.05, 0) is 0 Å². The number of ether oxygens (including phenoxy) is 2. The van der Waals surface area contributed by atoms with Gasteiger partial charge >= 0.3 is 18.0 Å². The Hall–Kier alpha value is -1.01. The van der Waals surface area contributed by atoms with Crippen molar-refractivity contribution in [2.75, 3.05) is 6.61 Å². The molecular weight excluding hydrogens is 187 g/mol. The van der Waals surface area contributed by atoms with E-state index in [1.54, 1.807) is 0 Å². The number of halogens is 5. The van der Waals surface area contributed by atoms with Crippen molar-refractivity contribution in [3.63, 3.8) is 0 Å². The largest absolute Gasteiger partial charge is 0.487 e. The summed E-state index contributed by atoms with van der Waals surface area (Å²) in [6.45, 7) is -1.40. The fourth-order valence-corrected chi connectivity index (χ4v) is 0.562. The van der Waals surface area contributed by atoms with E-state index >= 15 is 0 Å². The normalized spacial score (nSPS) is 30.2. The van der Waals surface area contributed by atoms with E-state index in [0.717, 1.165) is 0 Å². The number of rotatable bonds is 0. The molecule has 1 aliphatic rings. The molecule has 0 radical (unpaired) electrons. The van der Waals surface area contributed by atoms with E-state index in [-0.39, 0.29) is 6.26 Å². The van der Waals surface area contributed by atoms with Crippen LogP contribution in [0.2, 0.25) is 0 Å². The molecule has 0 N–H and O–H groups in total. The SMILES string of the molecule is FC1=COCC(F)(C(F)(F)F)O1. The van der Waals surface area contributed by atoms with Crippen LogP contribution in [0.3, 0.4) is 0 Å². The van der Waals surface area contributed by atoms with Crippen LogP contribution in [0.5, 0.6) is 0 Å². The Bertz CT molecular complexity index is 210. The Balaban J connectivity index is 2.81. The standard InChI is InChI=1S/C5H3F5O2/c6-3-1-11-2-4(7,12-3)5(8,9)10/h1H,2H2. The number of hydrogen-bond donors (Lipinski definition) is 0. The zero-order valence-electron chi connectivity index (χ0n) is 5.49. The fourth-order valence-electron chi connectivity index (χ4n) is 0.562. The van der Waals surface area contributed by atoms with Gasteiger partial charge in [0.1, 0.15) is 0 Å². The molecule has 0 bridgehead atoms. The van der Waals surface area contributed by atoms with Gasteiger partial charge in [0.25, 0.3) is 0 Å². The smallest absolute Gasteiger partial charge is 0.464 e. The Kier molecular flexibility index (Phi) is 1.89. The predicted molar refractivity (Wildman–Crippen MR) is 26.1 cm³/mol. The summed E-state index contributed by atoms with van der Waals surface area (Å²) >= 11 is 0. The van der Waals surface area contributed by atoms with E-state index in [2.05, 4.69) is 9.47 Å². The van der Waals surface area contributed by atoms with Crippen molar-refractivity contribution < 1.29 is 31.4 Å². The molecule has 0 saturated heterocycles. The molecule has 1 heterocycles. The van der Waals surface area contributed by atoms with Gasteiger partial charge in [-0.15, -0.1) is 0 Å². The minimum absolute atomic E-state index is 0.267. The highest BCUT2D eigenvalue weighted by atomic mass is 19.4. The molecule has 1 rings (SSSR count). The van der Waals surface area contributed by atoms with Crippen molar-refractivity contribution in [3.05, 3.63) is 12.3 Å². The summed E-state index contributed by atoms with van der Waals surface area (Å²) < 4.78 is 66.9. The highest BCUT2D eigenvalue weighted by Crippen LogP contribution is 2.39. The van der Waals surface area contributed by atoms with Crippen molar-refractivity contribution in [1.82, 2.24) is 0 Å². The second-order valence-corrected chi connectivity index (χ2v) is 2.06. The number of alkyl halides is 4. The van der Waals surface area contributed by atoms with Gasteiger partial charge in [0.2, 0.25) is 0 Å². The van der Waals surface area contributed by atoms with E-state index in [9.17, 15) is 22.0 Å². The first-order valence-corrected chi connectivity index (χ1v) is 2.77. The highest BCUT2D eigenvalue weighted by molar-refractivity contribution is 4.89. The Morgan fingerprint density at radius 1 is 1.42 bits per heavy atom. The van der Waals surface area contributed by atoms with Crippen LogP contribution in [0.1, 0.15) is 0 Å². The maximum absolute atomic E-state index is 12.6. The van der Waals surface area contributed by atoms with Gasteiger partial charge in [-0.1, -0.05) is 0 Å². The molecule has 0 saturated carbocycles. The molecule has 1 unspecified atom stereocenters. The molecule has 12 heavy (non-hydrogen) atoms. The molecule has 0 aliphatic carbocycles. The van der Waals surface area contributed by atoms with Crippen LogP contribution >= 0.6 is 0 Å². The van der Waals surface area contributed by atoms with Crippen LogP contribution in [-0.4, -0.2) is 18.6 Å². The summed E-state index contributed by atoms with van der Waals surface area (Å²) in [6, 6.07) is -1.74. The highest BCUT2D eigenvalue weighted by Gasteiger charge is 2.61. The van der Waals surface area contributed by atoms with Gasteiger partial charge in [-0.3, -0.25) is 0 Å². The van der Waals surface area contributed by atoms with E-state index < -0.39 is 24.7 Å². The molecule has 0 spiro atoms. The van der Waals surface area contributed by atoms with Crippen LogP contribution < -0.4 is 0 Å². The maximum Gasteiger partial charge on any atom is 0.464 e. The zero-order chi connectivity index (χ0) is 9.41. The van der Waals surface area contributed by atoms with Gasteiger partial charge in [0.15, 0.2) is 12.9 Å². The Morgan fingerprint density at radius 2 is 2.00 bits per heavy atom. The van der Waals surface area contributed by atoms with E-state index in [1.165, 1.54) is 0 Å². The first-order chi connectivity index (χ1) is 5.35. The van der Waals surface area contributed by atoms with Crippen LogP contribution in [0.4, 0.5) is 22.0 Å². The van der Waals surface area contributed by atoms with Crippen LogP contribution in [0, 0.1) is 0 Å². The predicted octanol–water partition coefficient (Wildman–Crippen LogP) is 2.03. The summed E-state index contributed by atoms with van der Waals surface area (Å²) in [7, 11) is 0. The lowest BCUT2D eigenvalue weighted by Crippen LogP contribution is -2.48. The van der Waals surface area contributed by atoms with Crippen molar-refractivity contribution in [2.24, 2.45) is 0 Å². The second kappa shape index (κ2) is 2.49. The van der Waals surface area contributed by atoms with Crippen molar-refractivity contribution in [2.45, 2.75) is 12.0 Å². The van der Waals surface area contributed by atoms with E-state index in [1.807, 2.05) is 0 Å². The van der Waals surface area contributed by atoms with Crippen molar-refractivity contribution in [3.8, 4) is 0 Å². The summed E-state index contributed by atoms with van der Waals surface area (Å²) in [6.07, 6.45) is -5.04. The molecular formula is C5H3F5O2. The Labute approximate surface area is 63.6 Å². The Morgan fingerprint density at radius 3 is 2.33 bits per heavy atom. The average Bonchev–Trinajstić information content (AvgIpc) is 1.83. The molecule has 0 aromatic rings. The first kappa shape index (κ1) is 9.08. The lowest BCUT2D eigenvalue weighted by atomic mass is 10.3. The molecule has 0 aromatic heterocycles. The third-order valence-electron chi connectivity index (χ3n) is 1.13. The monoisotopic (exact) mass is 190 g/mol. The van der Waals surface area contributed by atoms with Crippen LogP contribution in [-0.2, 0) is 9.47 Å². The molecule has 0 amide bonds. The zero-order valence-corrected chi connectivity index (χ0v) is 5.49. The van der Waals surface area contributed by atoms with Crippen LogP contribution in [0.25, 0.3) is 0 Å². The molecule has 7 heteroatoms. The molecule has 0 aromatic carbocycles. The maximum atomic E-state index is 12.6. The van der Waals surface area contributed by atoms with E-state index in [4.69, 9.17) is 0 Å². The minimum Gasteiger partial charge on any atom is -0.487 e. The summed E-state index contributed by atoms with van der Waals surface area (Å²) in [5, 5.41) is 0. The third kappa shape index (κ3) is 1.44. The van der Waals surface area contributed by atoms with E-state index in [0.29, 0.717) is 0 Å². The fraction of sp³-hybridized carbons (Fsp3) is 0.600. The summed E-state index contributed by atoms with van der Waals surface area (Å²) in [4.78, 5) is 0. The minimum atomic E-state index is -5.31. The third-order valence-corrected chi connectivity index (χ3v) is 1.13. The van der Waals surface area contributed by atoms with Crippen molar-refractivity contribution in [1.29, 1.82) is 0 Å². The summed E-state index contributed by atoms with van der Waals surface area (Å²) in [5.41, 5.74) is 0. The average molecular weight is 190 g/mol. The molecule has 2 nitrogen and oxygen atoms in total. The van der Waals surface area contributed by atoms with Gasteiger partial charge in [-0.25, -0.2) is 0 Å². The first-order valence-electron chi connectivity index (χ1n) is 2.77. The quantitative estimate of drug-likeness (QED) is 0.544. The molecule has 0 fully saturated rings. The molecule has 1 atom stereocenters. The summed E-state index contributed by atoms with van der Waals surface area (Å²) in [5.74, 6) is -4.08. The number of hydrogen-bond acceptors (Lipinski definition) is 2. The van der Waals surface area contributed by atoms with Gasteiger partial charge < -0.3 is 9.47 Å². The molecule has 70 valence electrons. The molecule has 1 aliphatic heterocycles. The van der Waals surface area contributed by atoms with Crippen LogP contribution in [0.15, 0.2) is 12.3 Å². The topological polar surface area (TPSA) is 18.5 Å². The van der Waals surface area contributed by atoms with Gasteiger partial charge in [0, 0.05) is 0 Å². The van der Waals surface area contributed by atoms with Gasteiger partial charge in [0.05, 0.1) is 0 Å². The lowest BCUT2D eigenvalue weighted by Gasteiger charge is -2.29. The lowest BCUT2D eigenvalue weighted by molar-refractivity contribution is -0.344. The van der Waals surface area contributed by atoms with Crippen molar-refractivity contribution >= 4 is 0 Å². The second-order valence-electron chi connectivity index (χ2n) is 2.06.